The van der Waals surface area contributed by atoms with Gasteiger partial charge >= 0.3 is 0 Å². The first-order valence-electron chi connectivity index (χ1n) is 3.78. The van der Waals surface area contributed by atoms with Crippen LogP contribution in [-0.4, -0.2) is 10.2 Å². The molecule has 2 aromatic rings. The predicted octanol–water partition coefficient (Wildman–Crippen LogP) is 3.01. The summed E-state index contributed by atoms with van der Waals surface area (Å²) < 4.78 is 0.949. The zero-order valence-electron chi connectivity index (χ0n) is 6.66. The lowest BCUT2D eigenvalue weighted by atomic mass is 10.1. The summed E-state index contributed by atoms with van der Waals surface area (Å²) in [5, 5.41) is 20.3. The van der Waals surface area contributed by atoms with E-state index in [-0.39, 0.29) is 11.5 Å². The Morgan fingerprint density at radius 2 is 1.77 bits per heavy atom. The molecular weight excluding hydrogens is 232 g/mol. The molecule has 2 rings (SSSR count). The van der Waals surface area contributed by atoms with E-state index in [1.807, 2.05) is 12.1 Å². The van der Waals surface area contributed by atoms with Gasteiger partial charge in [0.15, 0.2) is 11.5 Å². The number of hydrogen-bond donors (Lipinski definition) is 2. The highest BCUT2D eigenvalue weighted by Crippen LogP contribution is 2.34. The Hall–Kier alpha value is -1.22. The minimum absolute atomic E-state index is 0.0648. The van der Waals surface area contributed by atoms with Gasteiger partial charge in [0.05, 0.1) is 0 Å². The molecule has 0 saturated carbocycles. The van der Waals surface area contributed by atoms with Crippen molar-refractivity contribution in [1.29, 1.82) is 0 Å². The average molecular weight is 239 g/mol. The van der Waals surface area contributed by atoms with Gasteiger partial charge in [-0.15, -0.1) is 0 Å². The van der Waals surface area contributed by atoms with Crippen molar-refractivity contribution in [2.45, 2.75) is 0 Å². The molecule has 0 aromatic heterocycles. The molecule has 0 fully saturated rings. The molecule has 0 atom stereocenters. The summed E-state index contributed by atoms with van der Waals surface area (Å²) in [6.45, 7) is 0. The monoisotopic (exact) mass is 238 g/mol. The molecule has 0 bridgehead atoms. The summed E-state index contributed by atoms with van der Waals surface area (Å²) in [6, 6.07) is 8.70. The lowest BCUT2D eigenvalue weighted by Gasteiger charge is -2.02. The molecular formula is C10H7BrO2. The van der Waals surface area contributed by atoms with E-state index < -0.39 is 0 Å². The minimum Gasteiger partial charge on any atom is -0.504 e. The lowest BCUT2D eigenvalue weighted by Crippen LogP contribution is -1.75. The number of hydrogen-bond acceptors (Lipinski definition) is 2. The van der Waals surface area contributed by atoms with Crippen LogP contribution >= 0.6 is 15.9 Å². The van der Waals surface area contributed by atoms with Gasteiger partial charge in [-0.05, 0) is 29.7 Å². The number of phenolic OH excluding ortho intramolecular Hbond substituents is 2. The van der Waals surface area contributed by atoms with Gasteiger partial charge in [-0.3, -0.25) is 0 Å². The number of rotatable bonds is 0. The summed E-state index contributed by atoms with van der Waals surface area (Å²) in [4.78, 5) is 0. The minimum atomic E-state index is -0.0881. The van der Waals surface area contributed by atoms with Gasteiger partial charge in [-0.25, -0.2) is 0 Å². The molecule has 0 unspecified atom stereocenters. The van der Waals surface area contributed by atoms with E-state index in [4.69, 9.17) is 0 Å². The molecule has 0 spiro atoms. The molecule has 66 valence electrons. The van der Waals surface area contributed by atoms with Crippen LogP contribution in [0.2, 0.25) is 0 Å². The van der Waals surface area contributed by atoms with Crippen LogP contribution in [-0.2, 0) is 0 Å². The van der Waals surface area contributed by atoms with E-state index >= 15 is 0 Å². The molecule has 0 radical (unpaired) electrons. The zero-order chi connectivity index (χ0) is 9.42. The van der Waals surface area contributed by atoms with Gasteiger partial charge in [-0.2, -0.15) is 0 Å². The van der Waals surface area contributed by atoms with Crippen molar-refractivity contribution in [3.05, 3.63) is 34.8 Å². The third-order valence-electron chi connectivity index (χ3n) is 1.93. The van der Waals surface area contributed by atoms with Crippen LogP contribution in [0.4, 0.5) is 0 Å². The Morgan fingerprint density at radius 3 is 2.54 bits per heavy atom. The summed E-state index contributed by atoms with van der Waals surface area (Å²) in [5.74, 6) is -0.153. The van der Waals surface area contributed by atoms with Crippen LogP contribution in [0.5, 0.6) is 11.5 Å². The van der Waals surface area contributed by atoms with E-state index in [9.17, 15) is 10.2 Å². The molecule has 0 saturated heterocycles. The topological polar surface area (TPSA) is 40.5 Å². The van der Waals surface area contributed by atoms with Gasteiger partial charge in [0.1, 0.15) is 0 Å². The third kappa shape index (κ3) is 1.35. The summed E-state index contributed by atoms with van der Waals surface area (Å²) in [7, 11) is 0. The Morgan fingerprint density at radius 1 is 1.00 bits per heavy atom. The third-order valence-corrected chi connectivity index (χ3v) is 2.43. The quantitative estimate of drug-likeness (QED) is 0.693. The molecule has 0 amide bonds. The van der Waals surface area contributed by atoms with E-state index in [2.05, 4.69) is 15.9 Å². The predicted molar refractivity (Wildman–Crippen MR) is 55.0 cm³/mol. The highest BCUT2D eigenvalue weighted by Gasteiger charge is 2.04. The number of benzene rings is 2. The first kappa shape index (κ1) is 8.38. The molecule has 0 aliphatic heterocycles. The highest BCUT2D eigenvalue weighted by atomic mass is 79.9. The number of fused-ring (bicyclic) bond motifs is 1. The highest BCUT2D eigenvalue weighted by molar-refractivity contribution is 9.10. The molecule has 0 heterocycles. The van der Waals surface area contributed by atoms with Gasteiger partial charge in [0.2, 0.25) is 0 Å². The van der Waals surface area contributed by atoms with Crippen molar-refractivity contribution in [3.8, 4) is 11.5 Å². The van der Waals surface area contributed by atoms with E-state index in [1.54, 1.807) is 12.1 Å². The fourth-order valence-corrected chi connectivity index (χ4v) is 1.65. The zero-order valence-corrected chi connectivity index (χ0v) is 8.25. The summed E-state index contributed by atoms with van der Waals surface area (Å²) >= 11 is 3.33. The van der Waals surface area contributed by atoms with Gasteiger partial charge in [0.25, 0.3) is 0 Å². The Labute approximate surface area is 83.6 Å². The second-order valence-electron chi connectivity index (χ2n) is 2.80. The van der Waals surface area contributed by atoms with Crippen molar-refractivity contribution in [2.75, 3.05) is 0 Å². The van der Waals surface area contributed by atoms with Crippen molar-refractivity contribution < 1.29 is 10.2 Å². The maximum atomic E-state index is 9.48. The van der Waals surface area contributed by atoms with Crippen molar-refractivity contribution in [1.82, 2.24) is 0 Å². The van der Waals surface area contributed by atoms with Gasteiger partial charge in [0, 0.05) is 9.86 Å². The molecule has 2 N–H and O–H groups in total. The first-order chi connectivity index (χ1) is 6.18. The summed E-state index contributed by atoms with van der Waals surface area (Å²) in [5.41, 5.74) is 0. The van der Waals surface area contributed by atoms with E-state index in [0.29, 0.717) is 5.39 Å². The van der Waals surface area contributed by atoms with Gasteiger partial charge < -0.3 is 10.2 Å². The molecule has 2 aromatic carbocycles. The van der Waals surface area contributed by atoms with Crippen LogP contribution in [0.3, 0.4) is 0 Å². The first-order valence-corrected chi connectivity index (χ1v) is 4.58. The van der Waals surface area contributed by atoms with Gasteiger partial charge in [-0.1, -0.05) is 22.0 Å². The van der Waals surface area contributed by atoms with Crippen molar-refractivity contribution in [2.24, 2.45) is 0 Å². The standard InChI is InChI=1S/C10H7BrO2/c11-7-2-3-8-6(5-7)1-4-9(12)10(8)13/h1-5,12-13H. The molecule has 13 heavy (non-hydrogen) atoms. The second kappa shape index (κ2) is 2.92. The maximum Gasteiger partial charge on any atom is 0.165 e. The normalized spacial score (nSPS) is 10.5. The molecule has 3 heteroatoms. The largest absolute Gasteiger partial charge is 0.504 e. The van der Waals surface area contributed by atoms with Crippen LogP contribution in [0.25, 0.3) is 10.8 Å². The van der Waals surface area contributed by atoms with Crippen molar-refractivity contribution in [3.63, 3.8) is 0 Å². The summed E-state index contributed by atoms with van der Waals surface area (Å²) in [6.07, 6.45) is 0. The average Bonchev–Trinajstić information content (AvgIpc) is 2.12. The SMILES string of the molecule is Oc1ccc2cc(Br)ccc2c1O. The Bertz CT molecular complexity index is 466. The van der Waals surface area contributed by atoms with Crippen LogP contribution < -0.4 is 0 Å². The van der Waals surface area contributed by atoms with Crippen LogP contribution in [0.1, 0.15) is 0 Å². The lowest BCUT2D eigenvalue weighted by molar-refractivity contribution is 0.408. The van der Waals surface area contributed by atoms with E-state index in [0.717, 1.165) is 9.86 Å². The molecule has 0 aliphatic carbocycles. The number of halogens is 1. The molecule has 2 nitrogen and oxygen atoms in total. The van der Waals surface area contributed by atoms with Crippen LogP contribution in [0, 0.1) is 0 Å². The molecule has 0 aliphatic rings. The van der Waals surface area contributed by atoms with Crippen molar-refractivity contribution >= 4 is 26.7 Å². The number of aromatic hydroxyl groups is 2. The van der Waals surface area contributed by atoms with E-state index in [1.165, 1.54) is 6.07 Å². The Balaban J connectivity index is 2.87. The fourth-order valence-electron chi connectivity index (χ4n) is 1.27. The number of phenols is 2. The Kier molecular flexibility index (Phi) is 1.88. The second-order valence-corrected chi connectivity index (χ2v) is 3.71. The maximum absolute atomic E-state index is 9.48. The fraction of sp³-hybridized carbons (Fsp3) is 0. The smallest absolute Gasteiger partial charge is 0.165 e. The van der Waals surface area contributed by atoms with Crippen LogP contribution in [0.15, 0.2) is 34.8 Å².